The van der Waals surface area contributed by atoms with Gasteiger partial charge in [-0.1, -0.05) is 6.07 Å². The van der Waals surface area contributed by atoms with Crippen LogP contribution in [0.25, 0.3) is 16.9 Å². The molecule has 4 aromatic rings. The molecule has 3 aromatic heterocycles. The van der Waals surface area contributed by atoms with E-state index in [1.807, 2.05) is 32.9 Å². The van der Waals surface area contributed by atoms with Crippen molar-refractivity contribution in [2.75, 3.05) is 25.5 Å². The molecule has 0 aliphatic rings. The fraction of sp³-hybridized carbons (Fsp3) is 0.321. The van der Waals surface area contributed by atoms with Crippen molar-refractivity contribution in [1.29, 1.82) is 0 Å². The number of nitrogens with one attached hydrogen (secondary N) is 1. The van der Waals surface area contributed by atoms with Gasteiger partial charge in [-0.05, 0) is 63.6 Å². The number of sulfonamides is 1. The highest BCUT2D eigenvalue weighted by Gasteiger charge is 2.34. The molecule has 3 heterocycles. The van der Waals surface area contributed by atoms with Crippen LogP contribution in [0.1, 0.15) is 36.9 Å². The Labute approximate surface area is 229 Å². The summed E-state index contributed by atoms with van der Waals surface area (Å²) < 4.78 is 49.4. The molecule has 0 radical (unpaired) electrons. The average molecular weight is 552 g/mol. The third-order valence-corrected chi connectivity index (χ3v) is 8.00. The first-order valence-electron chi connectivity index (χ1n) is 12.5. The second kappa shape index (κ2) is 11.8. The highest BCUT2D eigenvalue weighted by atomic mass is 32.2. The van der Waals surface area contributed by atoms with E-state index < -0.39 is 21.4 Å². The van der Waals surface area contributed by atoms with E-state index in [9.17, 15) is 8.42 Å². The average Bonchev–Trinajstić information content (AvgIpc) is 3.33. The van der Waals surface area contributed by atoms with Gasteiger partial charge in [0.25, 0.3) is 0 Å². The van der Waals surface area contributed by atoms with Crippen molar-refractivity contribution in [3.05, 3.63) is 78.1 Å². The second-order valence-electron chi connectivity index (χ2n) is 9.01. The molecule has 4 rings (SSSR count). The van der Waals surface area contributed by atoms with Crippen molar-refractivity contribution in [3.63, 3.8) is 0 Å². The standard InChI is InChI=1S/C28H33N5O5S/c1-7-38-28(22-17-30-19(3)15-31-22)20(4)39(34,35)32-26-12-11-23(21-13-18(2)14-29-16-21)33(26)27-24(36-5)9-8-10-25(27)37-6/h8-17,20,28,32H,7H2,1-6H3/t20-,28-/m1/s1. The van der Waals surface area contributed by atoms with Crippen LogP contribution in [-0.2, 0) is 14.8 Å². The summed E-state index contributed by atoms with van der Waals surface area (Å²) >= 11 is 0. The highest BCUT2D eigenvalue weighted by Crippen LogP contribution is 2.40. The van der Waals surface area contributed by atoms with Crippen LogP contribution in [0.4, 0.5) is 5.82 Å². The Morgan fingerprint density at radius 3 is 2.28 bits per heavy atom. The Morgan fingerprint density at radius 1 is 0.974 bits per heavy atom. The quantitative estimate of drug-likeness (QED) is 0.281. The van der Waals surface area contributed by atoms with Crippen molar-refractivity contribution in [1.82, 2.24) is 19.5 Å². The number of para-hydroxylation sites is 1. The molecule has 0 aliphatic carbocycles. The van der Waals surface area contributed by atoms with Gasteiger partial charge in [-0.15, -0.1) is 0 Å². The number of aryl methyl sites for hydroxylation is 2. The van der Waals surface area contributed by atoms with Crippen LogP contribution >= 0.6 is 0 Å². The lowest BCUT2D eigenvalue weighted by Gasteiger charge is -2.25. The number of hydrogen-bond acceptors (Lipinski definition) is 8. The second-order valence-corrected chi connectivity index (χ2v) is 11.0. The Balaban J connectivity index is 1.84. The fourth-order valence-electron chi connectivity index (χ4n) is 4.32. The maximum Gasteiger partial charge on any atom is 0.239 e. The van der Waals surface area contributed by atoms with E-state index in [2.05, 4.69) is 19.7 Å². The summed E-state index contributed by atoms with van der Waals surface area (Å²) in [6.07, 6.45) is 5.80. The summed E-state index contributed by atoms with van der Waals surface area (Å²) in [5.74, 6) is 1.30. The molecule has 0 amide bonds. The zero-order valence-electron chi connectivity index (χ0n) is 22.9. The van der Waals surface area contributed by atoms with Crippen molar-refractivity contribution in [2.45, 2.75) is 39.0 Å². The van der Waals surface area contributed by atoms with Gasteiger partial charge < -0.3 is 14.2 Å². The first-order valence-corrected chi connectivity index (χ1v) is 14.0. The summed E-state index contributed by atoms with van der Waals surface area (Å²) in [5, 5.41) is -0.999. The Bertz CT molecular complexity index is 1510. The van der Waals surface area contributed by atoms with E-state index in [0.717, 1.165) is 16.8 Å². The van der Waals surface area contributed by atoms with Crippen molar-refractivity contribution in [2.24, 2.45) is 0 Å². The minimum absolute atomic E-state index is 0.298. The molecule has 206 valence electrons. The molecule has 1 N–H and O–H groups in total. The van der Waals surface area contributed by atoms with E-state index in [4.69, 9.17) is 14.2 Å². The number of anilines is 1. The van der Waals surface area contributed by atoms with E-state index in [0.29, 0.717) is 41.0 Å². The van der Waals surface area contributed by atoms with Gasteiger partial charge in [-0.25, -0.2) is 8.42 Å². The topological polar surface area (TPSA) is 117 Å². The van der Waals surface area contributed by atoms with Crippen LogP contribution in [0.15, 0.2) is 61.2 Å². The van der Waals surface area contributed by atoms with Crippen LogP contribution in [0.2, 0.25) is 0 Å². The maximum atomic E-state index is 13.8. The molecule has 11 heteroatoms. The fourth-order valence-corrected chi connectivity index (χ4v) is 5.50. The first kappa shape index (κ1) is 28.1. The molecule has 0 unspecified atom stereocenters. The summed E-state index contributed by atoms with van der Waals surface area (Å²) in [7, 11) is -0.896. The van der Waals surface area contributed by atoms with Crippen molar-refractivity contribution in [3.8, 4) is 28.4 Å². The monoisotopic (exact) mass is 551 g/mol. The van der Waals surface area contributed by atoms with Crippen molar-refractivity contribution >= 4 is 15.8 Å². The molecule has 0 spiro atoms. The summed E-state index contributed by atoms with van der Waals surface area (Å²) in [4.78, 5) is 13.0. The molecule has 0 bridgehead atoms. The number of nitrogens with zero attached hydrogens (tertiary/aromatic N) is 4. The molecule has 1 aromatic carbocycles. The number of hydrogen-bond donors (Lipinski definition) is 1. The predicted molar refractivity (Wildman–Crippen MR) is 150 cm³/mol. The third-order valence-electron chi connectivity index (χ3n) is 6.28. The molecule has 0 saturated heterocycles. The number of aromatic nitrogens is 4. The Kier molecular flexibility index (Phi) is 8.51. The molecular weight excluding hydrogens is 518 g/mol. The van der Waals surface area contributed by atoms with E-state index in [1.165, 1.54) is 0 Å². The van der Waals surface area contributed by atoms with Crippen molar-refractivity contribution < 1.29 is 22.6 Å². The predicted octanol–water partition coefficient (Wildman–Crippen LogP) is 4.87. The molecule has 0 saturated carbocycles. The normalized spacial score (nSPS) is 13.1. The Hall–Kier alpha value is -3.96. The lowest BCUT2D eigenvalue weighted by molar-refractivity contribution is 0.0588. The number of ether oxygens (including phenoxy) is 3. The molecular formula is C28H33N5O5S. The number of pyridine rings is 1. The van der Waals surface area contributed by atoms with Crippen LogP contribution in [0.5, 0.6) is 11.5 Å². The van der Waals surface area contributed by atoms with Gasteiger partial charge in [-0.3, -0.25) is 24.2 Å². The minimum atomic E-state index is -4.00. The maximum absolute atomic E-state index is 13.8. The minimum Gasteiger partial charge on any atom is -0.494 e. The molecule has 0 fully saturated rings. The number of benzene rings is 1. The molecule has 39 heavy (non-hydrogen) atoms. The van der Waals surface area contributed by atoms with Crippen LogP contribution in [-0.4, -0.2) is 54.0 Å². The van der Waals surface area contributed by atoms with Gasteiger partial charge in [0.1, 0.15) is 34.4 Å². The summed E-state index contributed by atoms with van der Waals surface area (Å²) in [6.45, 7) is 7.46. The molecule has 0 aliphatic heterocycles. The molecule has 2 atom stereocenters. The highest BCUT2D eigenvalue weighted by molar-refractivity contribution is 7.93. The zero-order valence-corrected chi connectivity index (χ0v) is 23.7. The van der Waals surface area contributed by atoms with Crippen LogP contribution in [0.3, 0.4) is 0 Å². The Morgan fingerprint density at radius 2 is 1.69 bits per heavy atom. The number of rotatable bonds is 11. The van der Waals surface area contributed by atoms with Gasteiger partial charge >= 0.3 is 0 Å². The van der Waals surface area contributed by atoms with Gasteiger partial charge in [0.15, 0.2) is 0 Å². The van der Waals surface area contributed by atoms with Gasteiger partial charge in [0.2, 0.25) is 10.0 Å². The summed E-state index contributed by atoms with van der Waals surface area (Å²) in [6, 6.07) is 10.9. The van der Waals surface area contributed by atoms with Gasteiger partial charge in [0.05, 0.1) is 37.5 Å². The smallest absolute Gasteiger partial charge is 0.239 e. The summed E-state index contributed by atoms with van der Waals surface area (Å²) in [5.41, 5.74) is 4.16. The lowest BCUT2D eigenvalue weighted by atomic mass is 10.1. The van der Waals surface area contributed by atoms with E-state index >= 15 is 0 Å². The van der Waals surface area contributed by atoms with Crippen LogP contribution in [0, 0.1) is 13.8 Å². The largest absolute Gasteiger partial charge is 0.494 e. The number of methoxy groups -OCH3 is 2. The SMILES string of the molecule is CCO[C@@H](c1cnc(C)cn1)[C@@H](C)S(=O)(=O)Nc1ccc(-c2cncc(C)c2)n1-c1c(OC)cccc1OC. The van der Waals surface area contributed by atoms with Crippen LogP contribution < -0.4 is 14.2 Å². The van der Waals surface area contributed by atoms with Gasteiger partial charge in [-0.2, -0.15) is 0 Å². The van der Waals surface area contributed by atoms with Gasteiger partial charge in [0, 0.05) is 30.8 Å². The zero-order chi connectivity index (χ0) is 28.2. The van der Waals surface area contributed by atoms with E-state index in [1.54, 1.807) is 74.8 Å². The van der Waals surface area contributed by atoms with E-state index in [-0.39, 0.29) is 0 Å². The molecule has 10 nitrogen and oxygen atoms in total. The lowest BCUT2D eigenvalue weighted by Crippen LogP contribution is -2.33. The third kappa shape index (κ3) is 5.89. The first-order chi connectivity index (χ1) is 18.7.